The number of aliphatic carboxylic acids is 1. The molecule has 3 aromatic heterocycles. The summed E-state index contributed by atoms with van der Waals surface area (Å²) in [6.45, 7) is 1.68. The van der Waals surface area contributed by atoms with Crippen molar-refractivity contribution in [1.82, 2.24) is 29.5 Å². The summed E-state index contributed by atoms with van der Waals surface area (Å²) in [6, 6.07) is -0.0922. The van der Waals surface area contributed by atoms with Gasteiger partial charge in [0.15, 0.2) is 22.7 Å². The number of β-lactam (4-membered cyclic amide) rings is 1. The number of aromatic hydroxyl groups is 1. The van der Waals surface area contributed by atoms with Crippen molar-refractivity contribution in [1.29, 1.82) is 0 Å². The van der Waals surface area contributed by atoms with Crippen molar-refractivity contribution in [3.63, 3.8) is 0 Å². The molecule has 16 nitrogen and oxygen atoms in total. The lowest BCUT2D eigenvalue weighted by atomic mass is 10.0. The molecule has 0 aromatic carbocycles. The van der Waals surface area contributed by atoms with E-state index in [-0.39, 0.29) is 34.3 Å². The minimum absolute atomic E-state index is 0.0384. The molecule has 226 valence electrons. The van der Waals surface area contributed by atoms with Gasteiger partial charge >= 0.3 is 5.97 Å². The van der Waals surface area contributed by atoms with Crippen molar-refractivity contribution >= 4 is 75.0 Å². The van der Waals surface area contributed by atoms with E-state index < -0.39 is 46.5 Å². The van der Waals surface area contributed by atoms with E-state index in [2.05, 4.69) is 25.0 Å². The van der Waals surface area contributed by atoms with Gasteiger partial charge in [-0.15, -0.1) is 40.0 Å². The number of pyridine rings is 1. The van der Waals surface area contributed by atoms with Gasteiger partial charge in [0.1, 0.15) is 32.7 Å². The molecule has 3 aromatic rings. The summed E-state index contributed by atoms with van der Waals surface area (Å²) in [5.74, 6) is -2.73. The Morgan fingerprint density at radius 3 is 2.81 bits per heavy atom. The predicted octanol–water partition coefficient (Wildman–Crippen LogP) is 1.08. The van der Waals surface area contributed by atoms with Crippen molar-refractivity contribution in [2.24, 2.45) is 5.16 Å². The predicted molar refractivity (Wildman–Crippen MR) is 157 cm³/mol. The van der Waals surface area contributed by atoms with Gasteiger partial charge < -0.3 is 31.3 Å². The van der Waals surface area contributed by atoms with Crippen LogP contribution < -0.4 is 16.5 Å². The first-order valence-corrected chi connectivity index (χ1v) is 16.0. The smallest absolute Gasteiger partial charge is 0.352 e. The van der Waals surface area contributed by atoms with E-state index in [0.29, 0.717) is 21.8 Å². The molecule has 1 fully saturated rings. The van der Waals surface area contributed by atoms with Gasteiger partial charge in [0, 0.05) is 23.0 Å². The fourth-order valence-corrected chi connectivity index (χ4v) is 7.66. The van der Waals surface area contributed by atoms with E-state index in [9.17, 15) is 34.6 Å². The Bertz CT molecular complexity index is 1690. The first-order chi connectivity index (χ1) is 20.6. The van der Waals surface area contributed by atoms with Gasteiger partial charge in [-0.3, -0.25) is 19.3 Å². The van der Waals surface area contributed by atoms with Crippen LogP contribution in [0.2, 0.25) is 0 Å². The van der Waals surface area contributed by atoms with Crippen LogP contribution in [0.3, 0.4) is 0 Å². The molecule has 2 amide bonds. The molecule has 5 rings (SSSR count). The molecule has 2 aliphatic rings. The highest BCUT2D eigenvalue weighted by atomic mass is 32.2. The number of fused-ring (bicyclic) bond motifs is 1. The molecule has 0 aliphatic carbocycles. The number of nitrogen functional groups attached to an aromatic ring is 1. The number of oxime groups is 1. The SMILES string of the molecule is CCC(O/N=C(\C(=O)N[C@@H]1C(=O)N2C(C(=O)O)=C(CSc3cnns3)CS[C@H]12)c1csc(N)n1)c1cc(=O)c(O)cn1O. The van der Waals surface area contributed by atoms with Crippen molar-refractivity contribution in [3.8, 4) is 5.75 Å². The second-order valence-electron chi connectivity index (χ2n) is 8.95. The number of hydrogen-bond donors (Lipinski definition) is 5. The van der Waals surface area contributed by atoms with Gasteiger partial charge in [0.25, 0.3) is 11.8 Å². The van der Waals surface area contributed by atoms with E-state index in [0.717, 1.165) is 32.7 Å². The number of thiazole rings is 1. The fourth-order valence-electron chi connectivity index (χ4n) is 4.21. The third kappa shape index (κ3) is 6.17. The fraction of sp³-hybridized carbons (Fsp3) is 0.304. The molecule has 6 N–H and O–H groups in total. The van der Waals surface area contributed by atoms with Crippen LogP contribution in [0.15, 0.2) is 49.3 Å². The number of aromatic nitrogens is 4. The van der Waals surface area contributed by atoms with E-state index in [4.69, 9.17) is 10.6 Å². The molecule has 3 atom stereocenters. The lowest BCUT2D eigenvalue weighted by Crippen LogP contribution is -2.71. The topological polar surface area (TPSA) is 235 Å². The van der Waals surface area contributed by atoms with Gasteiger partial charge in [0.05, 0.1) is 12.4 Å². The van der Waals surface area contributed by atoms with Crippen LogP contribution in [0.1, 0.15) is 30.8 Å². The molecule has 1 saturated heterocycles. The summed E-state index contributed by atoms with van der Waals surface area (Å²) in [4.78, 5) is 61.5. The van der Waals surface area contributed by atoms with Crippen molar-refractivity contribution in [3.05, 3.63) is 56.7 Å². The number of anilines is 1. The quantitative estimate of drug-likeness (QED) is 0.0633. The Kier molecular flexibility index (Phi) is 8.89. The number of amides is 2. The van der Waals surface area contributed by atoms with Gasteiger partial charge in [-0.1, -0.05) is 16.6 Å². The molecular formula is C23H22N8O8S4. The molecule has 0 bridgehead atoms. The second-order valence-corrected chi connectivity index (χ2v) is 13.0. The average Bonchev–Trinajstić information content (AvgIpc) is 3.66. The molecular weight excluding hydrogens is 645 g/mol. The molecule has 1 unspecified atom stereocenters. The van der Waals surface area contributed by atoms with Crippen LogP contribution in [0.5, 0.6) is 5.75 Å². The second kappa shape index (κ2) is 12.6. The Morgan fingerprint density at radius 2 is 2.16 bits per heavy atom. The van der Waals surface area contributed by atoms with Crippen molar-refractivity contribution in [2.75, 3.05) is 17.2 Å². The number of carbonyl (C=O) groups excluding carboxylic acids is 2. The largest absolute Gasteiger partial charge is 0.503 e. The maximum atomic E-state index is 13.4. The number of carboxylic acids is 1. The summed E-state index contributed by atoms with van der Waals surface area (Å²) in [5.41, 5.74) is 5.10. The van der Waals surface area contributed by atoms with Crippen LogP contribution in [-0.2, 0) is 19.2 Å². The van der Waals surface area contributed by atoms with E-state index >= 15 is 0 Å². The Hall–Kier alpha value is -4.14. The first kappa shape index (κ1) is 30.3. The summed E-state index contributed by atoms with van der Waals surface area (Å²) in [6.07, 6.45) is 1.55. The maximum Gasteiger partial charge on any atom is 0.352 e. The Morgan fingerprint density at radius 1 is 1.37 bits per heavy atom. The number of nitrogens with two attached hydrogens (primary N) is 1. The highest BCUT2D eigenvalue weighted by Crippen LogP contribution is 2.41. The third-order valence-electron chi connectivity index (χ3n) is 6.26. The minimum Gasteiger partial charge on any atom is -0.503 e. The normalized spacial score (nSPS) is 19.0. The monoisotopic (exact) mass is 666 g/mol. The maximum absolute atomic E-state index is 13.4. The molecule has 5 heterocycles. The summed E-state index contributed by atoms with van der Waals surface area (Å²) in [5, 5.41) is 40.9. The summed E-state index contributed by atoms with van der Waals surface area (Å²) >= 11 is 4.89. The molecule has 20 heteroatoms. The number of carbonyl (C=O) groups is 3. The molecule has 0 saturated carbocycles. The Labute approximate surface area is 258 Å². The first-order valence-electron chi connectivity index (χ1n) is 12.3. The number of carboxylic acid groups (broad SMARTS) is 1. The molecule has 2 aliphatic heterocycles. The van der Waals surface area contributed by atoms with Gasteiger partial charge in [-0.2, -0.15) is 4.73 Å². The zero-order chi connectivity index (χ0) is 30.8. The highest BCUT2D eigenvalue weighted by Gasteiger charge is 2.54. The van der Waals surface area contributed by atoms with Crippen molar-refractivity contribution < 1.29 is 34.6 Å². The number of nitrogens with zero attached hydrogens (tertiary/aromatic N) is 6. The average molecular weight is 667 g/mol. The van der Waals surface area contributed by atoms with Crippen LogP contribution in [0.4, 0.5) is 5.13 Å². The van der Waals surface area contributed by atoms with Crippen LogP contribution in [-0.4, -0.2) is 86.0 Å². The van der Waals surface area contributed by atoms with Crippen LogP contribution >= 0.6 is 46.4 Å². The lowest BCUT2D eigenvalue weighted by Gasteiger charge is -2.49. The molecule has 0 spiro atoms. The molecule has 43 heavy (non-hydrogen) atoms. The highest BCUT2D eigenvalue weighted by molar-refractivity contribution is 8.01. The zero-order valence-electron chi connectivity index (χ0n) is 21.9. The number of nitrogens with one attached hydrogen (secondary N) is 1. The third-order valence-corrected chi connectivity index (χ3v) is 10.2. The van der Waals surface area contributed by atoms with E-state index in [1.165, 1.54) is 40.4 Å². The van der Waals surface area contributed by atoms with Gasteiger partial charge in [-0.25, -0.2) is 9.78 Å². The Balaban J connectivity index is 1.35. The summed E-state index contributed by atoms with van der Waals surface area (Å²) in [7, 11) is 0. The number of rotatable bonds is 11. The van der Waals surface area contributed by atoms with Crippen LogP contribution in [0.25, 0.3) is 0 Å². The standard InChI is InChI=1S/C23H22N8O8S4/c1-2-14(11-3-12(32)13(33)5-30(11)38)39-28-16(10-8-42-23(24)26-10)19(34)27-17-20(35)31-18(22(36)37)9(7-41-21(17)31)6-40-15-4-25-29-43-15/h3-5,8,14,17,21,33,38H,2,6-7H2,1H3,(H2,24,26)(H,27,34)(H,36,37)/b28-16-/t14?,17-,21-/m1/s1. The van der Waals surface area contributed by atoms with E-state index in [1.807, 2.05) is 0 Å². The van der Waals surface area contributed by atoms with Crippen molar-refractivity contribution in [2.45, 2.75) is 35.1 Å². The number of hydrogen-bond acceptors (Lipinski definition) is 16. The van der Waals surface area contributed by atoms with Gasteiger partial charge in [0.2, 0.25) is 5.43 Å². The zero-order valence-corrected chi connectivity index (χ0v) is 25.2. The van der Waals surface area contributed by atoms with Crippen LogP contribution in [0, 0.1) is 0 Å². The number of thioether (sulfide) groups is 2. The summed E-state index contributed by atoms with van der Waals surface area (Å²) < 4.78 is 5.10. The minimum atomic E-state index is -1.25. The van der Waals surface area contributed by atoms with E-state index in [1.54, 1.807) is 13.1 Å². The molecule has 0 radical (unpaired) electrons. The van der Waals surface area contributed by atoms with Gasteiger partial charge in [-0.05, 0) is 23.5 Å². The lowest BCUT2D eigenvalue weighted by molar-refractivity contribution is -0.150.